The van der Waals surface area contributed by atoms with E-state index >= 15 is 0 Å². The van der Waals surface area contributed by atoms with Crippen molar-refractivity contribution < 1.29 is 22.7 Å². The first-order valence-electron chi connectivity index (χ1n) is 8.69. The molecule has 3 rings (SSSR count). The lowest BCUT2D eigenvalue weighted by atomic mass is 10.2. The molecule has 0 aliphatic rings. The second-order valence-corrected chi connectivity index (χ2v) is 8.29. The fraction of sp³-hybridized carbons (Fsp3) is 0.211. The van der Waals surface area contributed by atoms with Gasteiger partial charge >= 0.3 is 6.09 Å². The minimum absolute atomic E-state index is 0.0199. The molecule has 0 saturated carbocycles. The van der Waals surface area contributed by atoms with Gasteiger partial charge in [-0.15, -0.1) is 0 Å². The smallest absolute Gasteiger partial charge is 0.404 e. The van der Waals surface area contributed by atoms with Crippen LogP contribution in [0.3, 0.4) is 0 Å². The number of halogens is 1. The molecular formula is C19H19FN4O4S. The third-order valence-electron chi connectivity index (χ3n) is 4.32. The molecule has 1 amide bonds. The first-order valence-corrected chi connectivity index (χ1v) is 10.2. The quantitative estimate of drug-likeness (QED) is 0.636. The molecule has 0 spiro atoms. The molecule has 10 heteroatoms. The highest BCUT2D eigenvalue weighted by Gasteiger charge is 2.26. The number of sulfone groups is 1. The minimum Gasteiger partial charge on any atom is -0.465 e. The molecule has 0 unspecified atom stereocenters. The van der Waals surface area contributed by atoms with Gasteiger partial charge in [0.15, 0.2) is 5.03 Å². The zero-order chi connectivity index (χ0) is 21.2. The highest BCUT2D eigenvalue weighted by Crippen LogP contribution is 2.26. The predicted octanol–water partition coefficient (Wildman–Crippen LogP) is 2.67. The Morgan fingerprint density at radius 1 is 1.24 bits per heavy atom. The number of nitrogens with zero attached hydrogens (tertiary/aromatic N) is 3. The van der Waals surface area contributed by atoms with E-state index in [9.17, 15) is 17.6 Å². The summed E-state index contributed by atoms with van der Waals surface area (Å²) in [6.45, 7) is 3.33. The van der Waals surface area contributed by atoms with Gasteiger partial charge in [-0.05, 0) is 44.2 Å². The second-order valence-electron chi connectivity index (χ2n) is 6.39. The Kier molecular flexibility index (Phi) is 5.64. The lowest BCUT2D eigenvalue weighted by Gasteiger charge is -2.11. The molecule has 2 N–H and O–H groups in total. The third-order valence-corrected chi connectivity index (χ3v) is 6.03. The summed E-state index contributed by atoms with van der Waals surface area (Å²) in [6, 6.07) is 8.70. The van der Waals surface area contributed by atoms with Crippen LogP contribution in [-0.4, -0.2) is 40.9 Å². The van der Waals surface area contributed by atoms with Gasteiger partial charge in [0, 0.05) is 30.4 Å². The van der Waals surface area contributed by atoms with E-state index in [0.29, 0.717) is 11.4 Å². The van der Waals surface area contributed by atoms with E-state index in [2.05, 4.69) is 15.4 Å². The van der Waals surface area contributed by atoms with E-state index in [1.165, 1.54) is 42.1 Å². The van der Waals surface area contributed by atoms with E-state index < -0.39 is 21.7 Å². The van der Waals surface area contributed by atoms with Crippen LogP contribution in [0.15, 0.2) is 52.5 Å². The van der Waals surface area contributed by atoms with Crippen molar-refractivity contribution in [2.75, 3.05) is 6.54 Å². The Morgan fingerprint density at radius 3 is 2.66 bits per heavy atom. The zero-order valence-electron chi connectivity index (χ0n) is 15.8. The molecule has 0 fully saturated rings. The third kappa shape index (κ3) is 4.27. The number of hydrogen-bond acceptors (Lipinski definition) is 5. The molecule has 2 heterocycles. The first-order chi connectivity index (χ1) is 13.7. The molecule has 0 aliphatic carbocycles. The average molecular weight is 418 g/mol. The Bertz CT molecular complexity index is 1160. The van der Waals surface area contributed by atoms with Gasteiger partial charge < -0.3 is 10.4 Å². The van der Waals surface area contributed by atoms with Crippen LogP contribution in [0, 0.1) is 19.7 Å². The van der Waals surface area contributed by atoms with Crippen LogP contribution in [0.4, 0.5) is 9.18 Å². The Hall–Kier alpha value is -3.27. The van der Waals surface area contributed by atoms with E-state index in [0.717, 1.165) is 0 Å². The summed E-state index contributed by atoms with van der Waals surface area (Å²) in [5.74, 6) is -0.493. The number of nitrogens with one attached hydrogen (secondary N) is 1. The van der Waals surface area contributed by atoms with Crippen molar-refractivity contribution in [3.05, 3.63) is 65.4 Å². The van der Waals surface area contributed by atoms with Crippen molar-refractivity contribution in [2.45, 2.75) is 30.2 Å². The number of carbonyl (C=O) groups is 1. The van der Waals surface area contributed by atoms with Crippen LogP contribution in [0.2, 0.25) is 0 Å². The van der Waals surface area contributed by atoms with Crippen molar-refractivity contribution in [2.24, 2.45) is 0 Å². The zero-order valence-corrected chi connectivity index (χ0v) is 16.6. The SMILES string of the molecule is Cc1ccc(S(=O)(=O)c2cc(CCNC(=O)O)nn2-c2cccc(F)c2C)cn1. The highest BCUT2D eigenvalue weighted by atomic mass is 32.2. The Balaban J connectivity index is 2.13. The summed E-state index contributed by atoms with van der Waals surface area (Å²) in [6.07, 6.45) is 0.234. The van der Waals surface area contributed by atoms with Crippen LogP contribution in [0.25, 0.3) is 5.69 Å². The number of benzene rings is 1. The van der Waals surface area contributed by atoms with E-state index in [1.807, 2.05) is 0 Å². The molecule has 29 heavy (non-hydrogen) atoms. The standard InChI is InChI=1S/C19H19FN4O4S/c1-12-6-7-15(11-22-12)29(27,28)18-10-14(8-9-21-19(25)26)23-24(18)17-5-3-4-16(20)13(17)2/h3-7,10-11,21H,8-9H2,1-2H3,(H,25,26). The first kappa shape index (κ1) is 20.5. The fourth-order valence-electron chi connectivity index (χ4n) is 2.75. The maximum atomic E-state index is 14.1. The molecule has 2 aromatic heterocycles. The predicted molar refractivity (Wildman–Crippen MR) is 102 cm³/mol. The maximum Gasteiger partial charge on any atom is 0.404 e. The number of pyridine rings is 1. The van der Waals surface area contributed by atoms with Gasteiger partial charge in [0.05, 0.1) is 16.3 Å². The monoisotopic (exact) mass is 418 g/mol. The highest BCUT2D eigenvalue weighted by molar-refractivity contribution is 7.91. The Morgan fingerprint density at radius 2 is 2.00 bits per heavy atom. The van der Waals surface area contributed by atoms with Gasteiger partial charge in [0.1, 0.15) is 5.82 Å². The van der Waals surface area contributed by atoms with Crippen molar-refractivity contribution in [3.8, 4) is 5.69 Å². The van der Waals surface area contributed by atoms with Gasteiger partial charge in [0.25, 0.3) is 0 Å². The molecule has 0 saturated heterocycles. The van der Waals surface area contributed by atoms with E-state index in [-0.39, 0.29) is 34.1 Å². The lowest BCUT2D eigenvalue weighted by molar-refractivity contribution is 0.194. The molecule has 0 aliphatic heterocycles. The topological polar surface area (TPSA) is 114 Å². The van der Waals surface area contributed by atoms with Crippen molar-refractivity contribution in [1.29, 1.82) is 0 Å². The van der Waals surface area contributed by atoms with Crippen molar-refractivity contribution in [1.82, 2.24) is 20.1 Å². The van der Waals surface area contributed by atoms with Crippen LogP contribution >= 0.6 is 0 Å². The second kappa shape index (κ2) is 8.00. The minimum atomic E-state index is -4.01. The lowest BCUT2D eigenvalue weighted by Crippen LogP contribution is -2.23. The summed E-state index contributed by atoms with van der Waals surface area (Å²) in [7, 11) is -4.01. The number of hydrogen-bond donors (Lipinski definition) is 2. The average Bonchev–Trinajstić information content (AvgIpc) is 3.09. The van der Waals surface area contributed by atoms with Crippen molar-refractivity contribution >= 4 is 15.9 Å². The molecule has 8 nitrogen and oxygen atoms in total. The van der Waals surface area contributed by atoms with Gasteiger partial charge in [-0.1, -0.05) is 6.07 Å². The van der Waals surface area contributed by atoms with Crippen LogP contribution < -0.4 is 5.32 Å². The van der Waals surface area contributed by atoms with Gasteiger partial charge in [0.2, 0.25) is 9.84 Å². The number of carboxylic acid groups (broad SMARTS) is 1. The van der Waals surface area contributed by atoms with E-state index in [1.54, 1.807) is 19.1 Å². The van der Waals surface area contributed by atoms with E-state index in [4.69, 9.17) is 5.11 Å². The fourth-order valence-corrected chi connectivity index (χ4v) is 4.09. The van der Waals surface area contributed by atoms with Crippen LogP contribution in [0.1, 0.15) is 17.0 Å². The number of rotatable bonds is 6. The normalized spacial score (nSPS) is 11.4. The molecule has 0 atom stereocenters. The molecular weight excluding hydrogens is 399 g/mol. The Labute approximate surface area is 166 Å². The number of aromatic nitrogens is 3. The summed E-state index contributed by atoms with van der Waals surface area (Å²) in [4.78, 5) is 14.7. The molecule has 152 valence electrons. The molecule has 3 aromatic rings. The van der Waals surface area contributed by atoms with Crippen molar-refractivity contribution in [3.63, 3.8) is 0 Å². The summed E-state index contributed by atoms with van der Waals surface area (Å²) in [5, 5.41) is 15.1. The van der Waals surface area contributed by atoms with Crippen LogP contribution in [0.5, 0.6) is 0 Å². The summed E-state index contributed by atoms with van der Waals surface area (Å²) in [5.41, 5.74) is 1.53. The van der Waals surface area contributed by atoms with Gasteiger partial charge in [-0.25, -0.2) is 22.3 Å². The molecule has 0 radical (unpaired) electrons. The summed E-state index contributed by atoms with van der Waals surface area (Å²) < 4.78 is 41.7. The number of amides is 1. The largest absolute Gasteiger partial charge is 0.465 e. The summed E-state index contributed by atoms with van der Waals surface area (Å²) >= 11 is 0. The van der Waals surface area contributed by atoms with Gasteiger partial charge in [-0.3, -0.25) is 4.98 Å². The maximum absolute atomic E-state index is 14.1. The van der Waals surface area contributed by atoms with Gasteiger partial charge in [-0.2, -0.15) is 5.10 Å². The van der Waals surface area contributed by atoms with Crippen LogP contribution in [-0.2, 0) is 16.3 Å². The molecule has 1 aromatic carbocycles. The number of aryl methyl sites for hydroxylation is 1. The molecule has 0 bridgehead atoms.